The Morgan fingerprint density at radius 1 is 1.07 bits per heavy atom. The number of carbonyl (C=O) groups is 3. The van der Waals surface area contributed by atoms with Gasteiger partial charge in [-0.1, -0.05) is 18.2 Å². The highest BCUT2D eigenvalue weighted by molar-refractivity contribution is 6.10. The molecule has 216 valence electrons. The van der Waals surface area contributed by atoms with E-state index >= 15 is 4.39 Å². The Bertz CT molecular complexity index is 1580. The van der Waals surface area contributed by atoms with Gasteiger partial charge < -0.3 is 5.32 Å². The molecule has 1 unspecified atom stereocenters. The van der Waals surface area contributed by atoms with E-state index < -0.39 is 77.8 Å². The van der Waals surface area contributed by atoms with Crippen LogP contribution in [0.1, 0.15) is 42.9 Å². The molecule has 2 aliphatic rings. The van der Waals surface area contributed by atoms with Gasteiger partial charge in [-0.2, -0.15) is 5.26 Å². The summed E-state index contributed by atoms with van der Waals surface area (Å²) in [6.45, 7) is 0. The largest absolute Gasteiger partial charge is 0.351 e. The summed E-state index contributed by atoms with van der Waals surface area (Å²) in [5.41, 5.74) is -0.715. The molecule has 2 atom stereocenters. The molecule has 3 aromatic rings. The summed E-state index contributed by atoms with van der Waals surface area (Å²) < 4.78 is 71.3. The van der Waals surface area contributed by atoms with Crippen LogP contribution in [0.4, 0.5) is 33.5 Å². The Kier molecular flexibility index (Phi) is 7.64. The minimum atomic E-state index is -3.01. The van der Waals surface area contributed by atoms with Crippen molar-refractivity contribution in [3.63, 3.8) is 0 Å². The molecule has 8 nitrogen and oxygen atoms in total. The average molecular weight is 584 g/mol. The van der Waals surface area contributed by atoms with Crippen LogP contribution in [0.2, 0.25) is 0 Å². The molecule has 1 saturated heterocycles. The normalized spacial score (nSPS) is 18.6. The Morgan fingerprint density at radius 3 is 2.40 bits per heavy atom. The quantitative estimate of drug-likeness (QED) is 0.411. The van der Waals surface area contributed by atoms with Crippen molar-refractivity contribution < 1.29 is 36.3 Å². The van der Waals surface area contributed by atoms with E-state index in [0.717, 1.165) is 23.1 Å². The monoisotopic (exact) mass is 583 g/mol. The molecule has 1 aliphatic heterocycles. The summed E-state index contributed by atoms with van der Waals surface area (Å²) >= 11 is 0. The average Bonchev–Trinajstić information content (AvgIpc) is 3.31. The maximum absolute atomic E-state index is 15.2. The summed E-state index contributed by atoms with van der Waals surface area (Å²) in [4.78, 5) is 46.7. The highest BCUT2D eigenvalue weighted by atomic mass is 19.3. The van der Waals surface area contributed by atoms with Crippen LogP contribution >= 0.6 is 0 Å². The van der Waals surface area contributed by atoms with E-state index in [9.17, 15) is 37.2 Å². The summed E-state index contributed by atoms with van der Waals surface area (Å²) in [6, 6.07) is 7.19. The third-order valence-electron chi connectivity index (χ3n) is 7.12. The van der Waals surface area contributed by atoms with Gasteiger partial charge in [0, 0.05) is 43.1 Å². The summed E-state index contributed by atoms with van der Waals surface area (Å²) in [7, 11) is 0. The maximum Gasteiger partial charge on any atom is 0.252 e. The van der Waals surface area contributed by atoms with Gasteiger partial charge in [-0.3, -0.25) is 24.2 Å². The Balaban J connectivity index is 1.63. The molecule has 2 aromatic carbocycles. The highest BCUT2D eigenvalue weighted by Crippen LogP contribution is 2.39. The predicted molar refractivity (Wildman–Crippen MR) is 139 cm³/mol. The van der Waals surface area contributed by atoms with Crippen LogP contribution in [0.15, 0.2) is 60.8 Å². The van der Waals surface area contributed by atoms with Crippen molar-refractivity contribution in [2.45, 2.75) is 49.7 Å². The number of benzene rings is 2. The van der Waals surface area contributed by atoms with Gasteiger partial charge in [0.2, 0.25) is 11.8 Å². The van der Waals surface area contributed by atoms with Crippen LogP contribution in [0.5, 0.6) is 0 Å². The fourth-order valence-corrected chi connectivity index (χ4v) is 5.20. The van der Waals surface area contributed by atoms with Gasteiger partial charge in [-0.05, 0) is 36.8 Å². The van der Waals surface area contributed by atoms with Crippen molar-refractivity contribution in [1.29, 1.82) is 5.26 Å². The van der Waals surface area contributed by atoms with E-state index in [2.05, 4.69) is 10.3 Å². The third-order valence-corrected chi connectivity index (χ3v) is 7.12. The second kappa shape index (κ2) is 11.2. The number of amides is 3. The lowest BCUT2D eigenvalue weighted by Gasteiger charge is -2.39. The first kappa shape index (κ1) is 28.7. The van der Waals surface area contributed by atoms with Gasteiger partial charge in [0.1, 0.15) is 35.4 Å². The fourth-order valence-electron chi connectivity index (χ4n) is 5.20. The second-order valence-electron chi connectivity index (χ2n) is 10.1. The fraction of sp³-hybridized carbons (Fsp3) is 0.276. The first-order valence-electron chi connectivity index (χ1n) is 12.9. The topological polar surface area (TPSA) is 106 Å². The molecule has 1 aromatic heterocycles. The lowest BCUT2D eigenvalue weighted by molar-refractivity contribution is -0.133. The van der Waals surface area contributed by atoms with Gasteiger partial charge in [0.25, 0.3) is 11.8 Å². The van der Waals surface area contributed by atoms with E-state index in [1.165, 1.54) is 36.5 Å². The van der Waals surface area contributed by atoms with Crippen molar-refractivity contribution in [2.75, 3.05) is 9.80 Å². The predicted octanol–water partition coefficient (Wildman–Crippen LogP) is 4.55. The minimum Gasteiger partial charge on any atom is -0.351 e. The standard InChI is InChI=1S/C29H22F5N5O3/c30-17-10-18(31)12-20(11-17)38(28(42)23-5-6-25(40)39(23)24-9-16(15-35)7-8-36-24)26(21-3-1-2-4-22(21)32)27(41)37-19-13-29(33,34)14-19/h1-4,7-12,19,23,26H,5-6,13-14H2,(H,37,41)/t23-,26?/m0/s1. The second-order valence-corrected chi connectivity index (χ2v) is 10.1. The number of nitrogens with zero attached hydrogens (tertiary/aromatic N) is 4. The molecule has 0 spiro atoms. The number of nitrogens with one attached hydrogen (secondary N) is 1. The van der Waals surface area contributed by atoms with Crippen molar-refractivity contribution in [2.24, 2.45) is 0 Å². The number of anilines is 2. The SMILES string of the molecule is N#Cc1ccnc(N2C(=O)CC[C@H]2C(=O)N(c2cc(F)cc(F)c2)C(C(=O)NC2CC(F)(F)C2)c2ccccc2F)c1. The molecule has 3 amide bonds. The third kappa shape index (κ3) is 5.65. The molecular weight excluding hydrogens is 561 g/mol. The van der Waals surface area contributed by atoms with Crippen LogP contribution in [-0.4, -0.2) is 40.7 Å². The van der Waals surface area contributed by atoms with Crippen molar-refractivity contribution in [3.8, 4) is 6.07 Å². The van der Waals surface area contributed by atoms with Crippen LogP contribution in [0.3, 0.4) is 0 Å². The zero-order chi connectivity index (χ0) is 30.2. The molecule has 1 N–H and O–H groups in total. The van der Waals surface area contributed by atoms with Gasteiger partial charge in [0.15, 0.2) is 0 Å². The zero-order valence-corrected chi connectivity index (χ0v) is 21.7. The molecule has 13 heteroatoms. The summed E-state index contributed by atoms with van der Waals surface area (Å²) in [6.07, 6.45) is -0.363. The molecule has 5 rings (SSSR count). The molecule has 2 heterocycles. The number of carbonyl (C=O) groups excluding carboxylic acids is 3. The number of alkyl halides is 2. The minimum absolute atomic E-state index is 0.0520. The summed E-state index contributed by atoms with van der Waals surface area (Å²) in [5.74, 6) is -8.88. The Hall–Kier alpha value is -4.86. The summed E-state index contributed by atoms with van der Waals surface area (Å²) in [5, 5.41) is 11.7. The van der Waals surface area contributed by atoms with Crippen molar-refractivity contribution in [1.82, 2.24) is 10.3 Å². The molecule has 1 saturated carbocycles. The number of halogens is 5. The van der Waals surface area contributed by atoms with Crippen LogP contribution in [-0.2, 0) is 14.4 Å². The smallest absolute Gasteiger partial charge is 0.252 e. The Morgan fingerprint density at radius 2 is 1.76 bits per heavy atom. The van der Waals surface area contributed by atoms with Crippen LogP contribution in [0.25, 0.3) is 0 Å². The van der Waals surface area contributed by atoms with E-state index in [1.807, 2.05) is 6.07 Å². The number of aromatic nitrogens is 1. The van der Waals surface area contributed by atoms with E-state index in [4.69, 9.17) is 0 Å². The molecule has 0 bridgehead atoms. The van der Waals surface area contributed by atoms with Crippen molar-refractivity contribution >= 4 is 29.2 Å². The van der Waals surface area contributed by atoms with Gasteiger partial charge >= 0.3 is 0 Å². The van der Waals surface area contributed by atoms with Gasteiger partial charge in [0.05, 0.1) is 17.3 Å². The van der Waals surface area contributed by atoms with Crippen molar-refractivity contribution in [3.05, 3.63) is 89.4 Å². The number of hydrogen-bond acceptors (Lipinski definition) is 5. The lowest BCUT2D eigenvalue weighted by Crippen LogP contribution is -2.56. The number of hydrogen-bond donors (Lipinski definition) is 1. The molecule has 42 heavy (non-hydrogen) atoms. The first-order chi connectivity index (χ1) is 20.0. The molecule has 2 fully saturated rings. The molecule has 1 aliphatic carbocycles. The van der Waals surface area contributed by atoms with Crippen LogP contribution < -0.4 is 15.1 Å². The van der Waals surface area contributed by atoms with E-state index in [-0.39, 0.29) is 29.8 Å². The number of nitriles is 1. The van der Waals surface area contributed by atoms with Crippen LogP contribution in [0, 0.1) is 28.8 Å². The molecule has 0 radical (unpaired) electrons. The van der Waals surface area contributed by atoms with Gasteiger partial charge in [-0.15, -0.1) is 0 Å². The highest BCUT2D eigenvalue weighted by Gasteiger charge is 2.48. The van der Waals surface area contributed by atoms with Gasteiger partial charge in [-0.25, -0.2) is 26.9 Å². The number of pyridine rings is 1. The zero-order valence-electron chi connectivity index (χ0n) is 21.7. The van der Waals surface area contributed by atoms with E-state index in [0.29, 0.717) is 11.0 Å². The maximum atomic E-state index is 15.2. The lowest BCUT2D eigenvalue weighted by atomic mass is 9.87. The van der Waals surface area contributed by atoms with E-state index in [1.54, 1.807) is 0 Å². The Labute approximate surface area is 236 Å². The first-order valence-corrected chi connectivity index (χ1v) is 12.9. The number of rotatable bonds is 7. The molecular formula is C29H22F5N5O3.